The molecule has 1 aromatic carbocycles. The van der Waals surface area contributed by atoms with Gasteiger partial charge in [0.1, 0.15) is 0 Å². The molecule has 1 saturated heterocycles. The highest BCUT2D eigenvalue weighted by Gasteiger charge is 2.13. The van der Waals surface area contributed by atoms with E-state index in [-0.39, 0.29) is 0 Å². The molecule has 0 radical (unpaired) electrons. The summed E-state index contributed by atoms with van der Waals surface area (Å²) in [5.74, 6) is 0. The molecule has 1 heterocycles. The Hall–Kier alpha value is -0.910. The summed E-state index contributed by atoms with van der Waals surface area (Å²) < 4.78 is 28.0. The minimum absolute atomic E-state index is 0.368. The zero-order valence-electron chi connectivity index (χ0n) is 10.6. The van der Waals surface area contributed by atoms with E-state index in [1.165, 1.54) is 6.26 Å². The zero-order chi connectivity index (χ0) is 13.0. The lowest BCUT2D eigenvalue weighted by atomic mass is 10.1. The number of ether oxygens (including phenoxy) is 1. The topological polar surface area (TPSA) is 55.4 Å². The van der Waals surface area contributed by atoms with Gasteiger partial charge in [-0.1, -0.05) is 12.1 Å². The highest BCUT2D eigenvalue weighted by Crippen LogP contribution is 2.11. The maximum atomic E-state index is 11.3. The van der Waals surface area contributed by atoms with Gasteiger partial charge in [-0.2, -0.15) is 0 Å². The molecule has 5 heteroatoms. The van der Waals surface area contributed by atoms with Crippen LogP contribution in [0.2, 0.25) is 0 Å². The number of benzene rings is 1. The maximum absolute atomic E-state index is 11.3. The van der Waals surface area contributed by atoms with E-state index in [4.69, 9.17) is 4.74 Å². The minimum Gasteiger partial charge on any atom is -0.380 e. The molecule has 1 N–H and O–H groups in total. The molecule has 1 aliphatic rings. The number of hydrogen-bond donors (Lipinski definition) is 1. The van der Waals surface area contributed by atoms with Gasteiger partial charge < -0.3 is 10.1 Å². The second kappa shape index (κ2) is 5.82. The van der Waals surface area contributed by atoms with Crippen LogP contribution in [0.3, 0.4) is 0 Å². The van der Waals surface area contributed by atoms with E-state index in [9.17, 15) is 8.42 Å². The van der Waals surface area contributed by atoms with Crippen molar-refractivity contribution in [2.75, 3.05) is 19.5 Å². The van der Waals surface area contributed by atoms with Gasteiger partial charge in [-0.3, -0.25) is 0 Å². The quantitative estimate of drug-likeness (QED) is 0.896. The van der Waals surface area contributed by atoms with Gasteiger partial charge >= 0.3 is 0 Å². The van der Waals surface area contributed by atoms with Crippen molar-refractivity contribution in [3.8, 4) is 0 Å². The minimum atomic E-state index is -3.10. The molecule has 4 nitrogen and oxygen atoms in total. The third-order valence-corrected chi connectivity index (χ3v) is 4.24. The van der Waals surface area contributed by atoms with Gasteiger partial charge in [-0.15, -0.1) is 0 Å². The Kier molecular flexibility index (Phi) is 4.37. The SMILES string of the molecule is CS(=O)(=O)c1ccc(CNC2CCCOC2)cc1. The smallest absolute Gasteiger partial charge is 0.175 e. The molecule has 0 spiro atoms. The summed E-state index contributed by atoms with van der Waals surface area (Å²) in [7, 11) is -3.10. The van der Waals surface area contributed by atoms with Gasteiger partial charge in [-0.25, -0.2) is 8.42 Å². The largest absolute Gasteiger partial charge is 0.380 e. The first kappa shape index (κ1) is 13.5. The van der Waals surface area contributed by atoms with Crippen molar-refractivity contribution >= 4 is 9.84 Å². The third kappa shape index (κ3) is 3.80. The van der Waals surface area contributed by atoms with Gasteiger partial charge in [0.05, 0.1) is 11.5 Å². The summed E-state index contributed by atoms with van der Waals surface area (Å²) in [5.41, 5.74) is 1.09. The van der Waals surface area contributed by atoms with Crippen LogP contribution in [0, 0.1) is 0 Å². The molecule has 0 bridgehead atoms. The number of hydrogen-bond acceptors (Lipinski definition) is 4. The van der Waals surface area contributed by atoms with E-state index in [1.807, 2.05) is 12.1 Å². The number of sulfone groups is 1. The Morgan fingerprint density at radius 1 is 1.33 bits per heavy atom. The van der Waals surface area contributed by atoms with Crippen LogP contribution >= 0.6 is 0 Å². The first-order valence-electron chi connectivity index (χ1n) is 6.16. The molecule has 2 rings (SSSR count). The van der Waals surface area contributed by atoms with Crippen molar-refractivity contribution in [1.82, 2.24) is 5.32 Å². The Bertz CT molecular complexity index is 475. The van der Waals surface area contributed by atoms with Crippen LogP contribution in [0.15, 0.2) is 29.2 Å². The average Bonchev–Trinajstić information content (AvgIpc) is 2.37. The van der Waals surface area contributed by atoms with Crippen LogP contribution in [0.1, 0.15) is 18.4 Å². The van der Waals surface area contributed by atoms with Crippen molar-refractivity contribution in [2.24, 2.45) is 0 Å². The summed E-state index contributed by atoms with van der Waals surface area (Å²) in [4.78, 5) is 0.368. The fourth-order valence-corrected chi connectivity index (χ4v) is 2.65. The van der Waals surface area contributed by atoms with E-state index in [0.717, 1.165) is 38.2 Å². The molecule has 0 saturated carbocycles. The van der Waals surface area contributed by atoms with Crippen molar-refractivity contribution in [1.29, 1.82) is 0 Å². The van der Waals surface area contributed by atoms with Crippen molar-refractivity contribution in [2.45, 2.75) is 30.3 Å². The Morgan fingerprint density at radius 3 is 2.61 bits per heavy atom. The molecule has 1 fully saturated rings. The molecule has 1 aliphatic heterocycles. The molecule has 1 atom stereocenters. The second-order valence-corrected chi connectivity index (χ2v) is 6.73. The highest BCUT2D eigenvalue weighted by molar-refractivity contribution is 7.90. The predicted molar refractivity (Wildman–Crippen MR) is 70.2 cm³/mol. The van der Waals surface area contributed by atoms with Gasteiger partial charge in [-0.05, 0) is 30.5 Å². The lowest BCUT2D eigenvalue weighted by molar-refractivity contribution is 0.0699. The van der Waals surface area contributed by atoms with E-state index >= 15 is 0 Å². The van der Waals surface area contributed by atoms with Crippen LogP contribution in [0.4, 0.5) is 0 Å². The summed E-state index contributed by atoms with van der Waals surface area (Å²) >= 11 is 0. The molecular weight excluding hydrogens is 250 g/mol. The van der Waals surface area contributed by atoms with Crippen LogP contribution in [-0.4, -0.2) is 33.9 Å². The average molecular weight is 269 g/mol. The van der Waals surface area contributed by atoms with Crippen molar-refractivity contribution in [3.63, 3.8) is 0 Å². The Labute approximate surface area is 108 Å². The van der Waals surface area contributed by atoms with Gasteiger partial charge in [0.25, 0.3) is 0 Å². The summed E-state index contributed by atoms with van der Waals surface area (Å²) in [6.07, 6.45) is 3.46. The molecule has 0 amide bonds. The summed E-state index contributed by atoms with van der Waals surface area (Å²) in [5, 5.41) is 3.42. The summed E-state index contributed by atoms with van der Waals surface area (Å²) in [6, 6.07) is 7.43. The summed E-state index contributed by atoms with van der Waals surface area (Å²) in [6.45, 7) is 2.38. The molecule has 1 aromatic rings. The Balaban J connectivity index is 1.90. The molecule has 0 aliphatic carbocycles. The van der Waals surface area contributed by atoms with Crippen LogP contribution in [-0.2, 0) is 21.1 Å². The zero-order valence-corrected chi connectivity index (χ0v) is 11.4. The second-order valence-electron chi connectivity index (χ2n) is 4.71. The highest BCUT2D eigenvalue weighted by atomic mass is 32.2. The van der Waals surface area contributed by atoms with Crippen molar-refractivity contribution < 1.29 is 13.2 Å². The lowest BCUT2D eigenvalue weighted by Gasteiger charge is -2.23. The van der Waals surface area contributed by atoms with Crippen LogP contribution in [0.25, 0.3) is 0 Å². The number of rotatable bonds is 4. The fourth-order valence-electron chi connectivity index (χ4n) is 2.02. The van der Waals surface area contributed by atoms with E-state index in [0.29, 0.717) is 10.9 Å². The van der Waals surface area contributed by atoms with Gasteiger partial charge in [0.15, 0.2) is 9.84 Å². The Morgan fingerprint density at radius 2 is 2.06 bits per heavy atom. The normalized spacial score (nSPS) is 20.8. The lowest BCUT2D eigenvalue weighted by Crippen LogP contribution is -2.36. The predicted octanol–water partition coefficient (Wildman–Crippen LogP) is 1.36. The van der Waals surface area contributed by atoms with Gasteiger partial charge in [0.2, 0.25) is 0 Å². The molecule has 1 unspecified atom stereocenters. The standard InChI is InChI=1S/C13H19NO3S/c1-18(15,16)13-6-4-11(5-7-13)9-14-12-3-2-8-17-10-12/h4-7,12,14H,2-3,8-10H2,1H3. The van der Waals surface area contributed by atoms with Crippen LogP contribution < -0.4 is 5.32 Å². The maximum Gasteiger partial charge on any atom is 0.175 e. The molecular formula is C13H19NO3S. The first-order chi connectivity index (χ1) is 8.55. The van der Waals surface area contributed by atoms with Crippen LogP contribution in [0.5, 0.6) is 0 Å². The van der Waals surface area contributed by atoms with Crippen molar-refractivity contribution in [3.05, 3.63) is 29.8 Å². The fraction of sp³-hybridized carbons (Fsp3) is 0.538. The molecule has 18 heavy (non-hydrogen) atoms. The third-order valence-electron chi connectivity index (χ3n) is 3.11. The van der Waals surface area contributed by atoms with E-state index < -0.39 is 9.84 Å². The van der Waals surface area contributed by atoms with E-state index in [1.54, 1.807) is 12.1 Å². The molecule has 100 valence electrons. The number of nitrogens with one attached hydrogen (secondary N) is 1. The van der Waals surface area contributed by atoms with Gasteiger partial charge in [0, 0.05) is 25.4 Å². The first-order valence-corrected chi connectivity index (χ1v) is 8.05. The monoisotopic (exact) mass is 269 g/mol. The van der Waals surface area contributed by atoms with E-state index in [2.05, 4.69) is 5.32 Å². The molecule has 0 aromatic heterocycles.